The van der Waals surface area contributed by atoms with Gasteiger partial charge in [-0.2, -0.15) is 0 Å². The highest BCUT2D eigenvalue weighted by Crippen LogP contribution is 2.86. The molecular formula is C7H10. The van der Waals surface area contributed by atoms with E-state index in [1.54, 1.807) is 25.7 Å². The Hall–Kier alpha value is 0. The summed E-state index contributed by atoms with van der Waals surface area (Å²) in [5.41, 5.74) is 1.03. The molecule has 0 aromatic heterocycles. The number of fused-ring (bicyclic) bond motifs is 1. The summed E-state index contributed by atoms with van der Waals surface area (Å²) in [6.45, 7) is 0. The van der Waals surface area contributed by atoms with E-state index < -0.39 is 0 Å². The molecule has 0 heteroatoms. The molecule has 7 heavy (non-hydrogen) atoms. The first-order valence-electron chi connectivity index (χ1n) is 3.43. The highest BCUT2D eigenvalue weighted by Gasteiger charge is 2.79. The first-order chi connectivity index (χ1) is 3.43. The van der Waals surface area contributed by atoms with Crippen molar-refractivity contribution in [3.63, 3.8) is 0 Å². The average molecular weight is 94.2 g/mol. The second-order valence-corrected chi connectivity index (χ2v) is 3.54. The topological polar surface area (TPSA) is 0 Å². The largest absolute Gasteiger partial charge is 0.0525 e. The summed E-state index contributed by atoms with van der Waals surface area (Å²) in [6, 6.07) is 0. The standard InChI is InChI=1S/C7H10/c1-2-5-6-4-7(5,6)3-1/h5-6H,1-4H2/t5-,6?,7?/m1/s1. The first-order valence-corrected chi connectivity index (χ1v) is 3.43. The summed E-state index contributed by atoms with van der Waals surface area (Å²) in [6.07, 6.45) is 6.37. The van der Waals surface area contributed by atoms with Crippen LogP contribution in [0.4, 0.5) is 0 Å². The van der Waals surface area contributed by atoms with Gasteiger partial charge in [-0.25, -0.2) is 0 Å². The fourth-order valence-corrected chi connectivity index (χ4v) is 2.77. The molecule has 3 rings (SSSR count). The van der Waals surface area contributed by atoms with Crippen molar-refractivity contribution in [3.8, 4) is 0 Å². The van der Waals surface area contributed by atoms with Gasteiger partial charge < -0.3 is 0 Å². The molecule has 0 amide bonds. The lowest BCUT2D eigenvalue weighted by atomic mass is 10.1. The lowest BCUT2D eigenvalue weighted by Gasteiger charge is -1.93. The Balaban J connectivity index is 2.07. The quantitative estimate of drug-likeness (QED) is 0.429. The molecule has 0 bridgehead atoms. The Morgan fingerprint density at radius 2 is 2.29 bits per heavy atom. The van der Waals surface area contributed by atoms with Gasteiger partial charge >= 0.3 is 0 Å². The molecule has 0 radical (unpaired) electrons. The van der Waals surface area contributed by atoms with Crippen molar-refractivity contribution in [2.45, 2.75) is 25.7 Å². The fraction of sp³-hybridized carbons (Fsp3) is 1.00. The van der Waals surface area contributed by atoms with E-state index in [9.17, 15) is 0 Å². The Labute approximate surface area is 43.9 Å². The van der Waals surface area contributed by atoms with Gasteiger partial charge in [0.05, 0.1) is 0 Å². The molecule has 0 aromatic carbocycles. The molecule has 0 heterocycles. The zero-order valence-corrected chi connectivity index (χ0v) is 4.48. The third kappa shape index (κ3) is 0.167. The summed E-state index contributed by atoms with van der Waals surface area (Å²) in [7, 11) is 0. The Morgan fingerprint density at radius 3 is 2.57 bits per heavy atom. The summed E-state index contributed by atoms with van der Waals surface area (Å²) in [4.78, 5) is 0. The first kappa shape index (κ1) is 3.11. The second kappa shape index (κ2) is 0.586. The van der Waals surface area contributed by atoms with E-state index in [-0.39, 0.29) is 0 Å². The van der Waals surface area contributed by atoms with Crippen LogP contribution in [0.3, 0.4) is 0 Å². The molecule has 3 aliphatic carbocycles. The van der Waals surface area contributed by atoms with Crippen LogP contribution in [0.15, 0.2) is 0 Å². The maximum Gasteiger partial charge on any atom is -0.0232 e. The number of rotatable bonds is 0. The average Bonchev–Trinajstić information content (AvgIpc) is 2.41. The van der Waals surface area contributed by atoms with Crippen molar-refractivity contribution in [2.75, 3.05) is 0 Å². The molecule has 3 aliphatic rings. The van der Waals surface area contributed by atoms with E-state index >= 15 is 0 Å². The van der Waals surface area contributed by atoms with Crippen LogP contribution in [0, 0.1) is 17.3 Å². The summed E-state index contributed by atoms with van der Waals surface area (Å²) in [5.74, 6) is 2.52. The van der Waals surface area contributed by atoms with Gasteiger partial charge in [0.25, 0.3) is 0 Å². The molecule has 0 N–H and O–H groups in total. The monoisotopic (exact) mass is 94.1 g/mol. The van der Waals surface area contributed by atoms with E-state index in [0.29, 0.717) is 0 Å². The number of hydrogen-bond acceptors (Lipinski definition) is 0. The van der Waals surface area contributed by atoms with Crippen LogP contribution >= 0.6 is 0 Å². The van der Waals surface area contributed by atoms with Crippen LogP contribution in [-0.2, 0) is 0 Å². The molecule has 3 saturated carbocycles. The summed E-state index contributed by atoms with van der Waals surface area (Å²) >= 11 is 0. The van der Waals surface area contributed by atoms with Gasteiger partial charge in [-0.3, -0.25) is 0 Å². The van der Waals surface area contributed by atoms with Crippen molar-refractivity contribution in [3.05, 3.63) is 0 Å². The van der Waals surface area contributed by atoms with Crippen LogP contribution in [0.1, 0.15) is 25.7 Å². The summed E-state index contributed by atoms with van der Waals surface area (Å²) < 4.78 is 0. The Kier molecular flexibility index (Phi) is 0.260. The van der Waals surface area contributed by atoms with Crippen molar-refractivity contribution >= 4 is 0 Å². The van der Waals surface area contributed by atoms with Gasteiger partial charge in [-0.05, 0) is 36.5 Å². The van der Waals surface area contributed by atoms with E-state index in [2.05, 4.69) is 0 Å². The maximum atomic E-state index is 1.62. The third-order valence-electron chi connectivity index (χ3n) is 3.45. The van der Waals surface area contributed by atoms with Crippen LogP contribution in [0.2, 0.25) is 0 Å². The van der Waals surface area contributed by atoms with Gasteiger partial charge in [0.2, 0.25) is 0 Å². The third-order valence-corrected chi connectivity index (χ3v) is 3.45. The lowest BCUT2D eigenvalue weighted by Crippen LogP contribution is -1.85. The minimum absolute atomic E-state index is 1.03. The van der Waals surface area contributed by atoms with Crippen molar-refractivity contribution in [1.29, 1.82) is 0 Å². The molecule has 0 aliphatic heterocycles. The van der Waals surface area contributed by atoms with Crippen LogP contribution in [0.25, 0.3) is 0 Å². The zero-order valence-electron chi connectivity index (χ0n) is 4.48. The van der Waals surface area contributed by atoms with Gasteiger partial charge in [0.1, 0.15) is 0 Å². The van der Waals surface area contributed by atoms with Crippen LogP contribution in [0.5, 0.6) is 0 Å². The number of hydrogen-bond donors (Lipinski definition) is 0. The molecule has 0 aromatic rings. The van der Waals surface area contributed by atoms with E-state index in [4.69, 9.17) is 0 Å². The molecule has 2 unspecified atom stereocenters. The fourth-order valence-electron chi connectivity index (χ4n) is 2.77. The second-order valence-electron chi connectivity index (χ2n) is 3.54. The van der Waals surface area contributed by atoms with E-state index in [0.717, 1.165) is 5.41 Å². The molecule has 0 nitrogen and oxygen atoms in total. The predicted octanol–water partition coefficient (Wildman–Crippen LogP) is 1.81. The van der Waals surface area contributed by atoms with Crippen LogP contribution < -0.4 is 0 Å². The Morgan fingerprint density at radius 1 is 1.29 bits per heavy atom. The van der Waals surface area contributed by atoms with Crippen molar-refractivity contribution in [1.82, 2.24) is 0 Å². The molecule has 3 fully saturated rings. The van der Waals surface area contributed by atoms with Gasteiger partial charge in [0.15, 0.2) is 0 Å². The molecule has 38 valence electrons. The van der Waals surface area contributed by atoms with Gasteiger partial charge in [0, 0.05) is 0 Å². The molecule has 1 spiro atoms. The van der Waals surface area contributed by atoms with Crippen molar-refractivity contribution < 1.29 is 0 Å². The smallest absolute Gasteiger partial charge is 0.0232 e. The highest BCUT2D eigenvalue weighted by atomic mass is 14.8. The maximum absolute atomic E-state index is 1.62. The predicted molar refractivity (Wildman–Crippen MR) is 27.9 cm³/mol. The van der Waals surface area contributed by atoms with Gasteiger partial charge in [-0.1, -0.05) is 6.42 Å². The molecular weight excluding hydrogens is 84.1 g/mol. The minimum atomic E-state index is 1.03. The molecule has 3 atom stereocenters. The van der Waals surface area contributed by atoms with E-state index in [1.807, 2.05) is 0 Å². The van der Waals surface area contributed by atoms with Crippen molar-refractivity contribution in [2.24, 2.45) is 17.3 Å². The molecule has 0 saturated heterocycles. The Bertz CT molecular complexity index is 128. The highest BCUT2D eigenvalue weighted by molar-refractivity contribution is 5.27. The van der Waals surface area contributed by atoms with Gasteiger partial charge in [-0.15, -0.1) is 0 Å². The minimum Gasteiger partial charge on any atom is -0.0525 e. The zero-order chi connectivity index (χ0) is 4.48. The normalized spacial score (nSPS) is 72.0. The SMILES string of the molecule is C1C[C@@H]2C3CC32C1. The van der Waals surface area contributed by atoms with Crippen LogP contribution in [-0.4, -0.2) is 0 Å². The summed E-state index contributed by atoms with van der Waals surface area (Å²) in [5, 5.41) is 0. The van der Waals surface area contributed by atoms with E-state index in [1.165, 1.54) is 11.8 Å². The lowest BCUT2D eigenvalue weighted by molar-refractivity contribution is 0.563.